The van der Waals surface area contributed by atoms with Crippen molar-refractivity contribution in [2.75, 3.05) is 6.54 Å². The van der Waals surface area contributed by atoms with E-state index in [-0.39, 0.29) is 18.5 Å². The molecule has 0 aromatic carbocycles. The largest absolute Gasteiger partial charge is 0.480 e. The van der Waals surface area contributed by atoms with Crippen molar-refractivity contribution in [2.24, 2.45) is 0 Å². The standard InChI is InChI=1S/C18H26N2O3/c1-12-10-16(13(2)20(12)15-6-4-3-5-7-15)18(23)19(11-17(21)22)14-8-9-14/h10,14-15H,3-9,11H2,1-2H3,(H,21,22). The van der Waals surface area contributed by atoms with E-state index in [1.165, 1.54) is 37.0 Å². The Balaban J connectivity index is 1.87. The van der Waals surface area contributed by atoms with Crippen molar-refractivity contribution in [3.05, 3.63) is 23.0 Å². The zero-order valence-electron chi connectivity index (χ0n) is 14.0. The molecule has 0 spiro atoms. The normalized spacial score (nSPS) is 18.9. The zero-order chi connectivity index (χ0) is 16.6. The van der Waals surface area contributed by atoms with Crippen molar-refractivity contribution in [3.8, 4) is 0 Å². The van der Waals surface area contributed by atoms with Crippen molar-refractivity contribution < 1.29 is 14.7 Å². The van der Waals surface area contributed by atoms with Gasteiger partial charge in [-0.25, -0.2) is 0 Å². The van der Waals surface area contributed by atoms with Gasteiger partial charge in [0.2, 0.25) is 0 Å². The Morgan fingerprint density at radius 2 is 1.83 bits per heavy atom. The molecule has 2 fully saturated rings. The van der Waals surface area contributed by atoms with Gasteiger partial charge in [-0.05, 0) is 45.6 Å². The highest BCUT2D eigenvalue weighted by molar-refractivity contribution is 5.97. The van der Waals surface area contributed by atoms with Crippen LogP contribution in [0.4, 0.5) is 0 Å². The second-order valence-electron chi connectivity index (χ2n) is 7.00. The third kappa shape index (κ3) is 3.28. The minimum atomic E-state index is -0.939. The molecule has 0 radical (unpaired) electrons. The first-order valence-corrected chi connectivity index (χ1v) is 8.70. The molecule has 0 saturated heterocycles. The number of carbonyl (C=O) groups is 2. The predicted octanol–water partition coefficient (Wildman–Crippen LogP) is 3.30. The Bertz CT molecular complexity index is 610. The highest BCUT2D eigenvalue weighted by atomic mass is 16.4. The molecule has 2 aliphatic carbocycles. The lowest BCUT2D eigenvalue weighted by atomic mass is 9.95. The van der Waals surface area contributed by atoms with Crippen LogP contribution in [0, 0.1) is 13.8 Å². The molecule has 0 atom stereocenters. The van der Waals surface area contributed by atoms with Crippen LogP contribution in [0.25, 0.3) is 0 Å². The van der Waals surface area contributed by atoms with Crippen LogP contribution in [0.5, 0.6) is 0 Å². The first-order valence-electron chi connectivity index (χ1n) is 8.70. The molecule has 3 rings (SSSR count). The summed E-state index contributed by atoms with van der Waals surface area (Å²) in [5.74, 6) is -1.06. The molecule has 1 aromatic rings. The number of nitrogens with zero attached hydrogens (tertiary/aromatic N) is 2. The smallest absolute Gasteiger partial charge is 0.323 e. The fourth-order valence-corrected chi connectivity index (χ4v) is 3.95. The summed E-state index contributed by atoms with van der Waals surface area (Å²) in [6.45, 7) is 3.86. The van der Waals surface area contributed by atoms with E-state index in [0.29, 0.717) is 11.6 Å². The van der Waals surface area contributed by atoms with Crippen LogP contribution in [0.1, 0.15) is 72.7 Å². The number of carboxylic acids is 1. The maximum Gasteiger partial charge on any atom is 0.323 e. The predicted molar refractivity (Wildman–Crippen MR) is 87.7 cm³/mol. The van der Waals surface area contributed by atoms with E-state index in [0.717, 1.165) is 24.2 Å². The van der Waals surface area contributed by atoms with Gasteiger partial charge in [0.25, 0.3) is 5.91 Å². The molecule has 1 aromatic heterocycles. The third-order valence-electron chi connectivity index (χ3n) is 5.21. The molecule has 2 saturated carbocycles. The van der Waals surface area contributed by atoms with Gasteiger partial charge in [0.05, 0.1) is 5.56 Å². The molecule has 1 amide bonds. The number of aromatic nitrogens is 1. The third-order valence-corrected chi connectivity index (χ3v) is 5.21. The van der Waals surface area contributed by atoms with E-state index < -0.39 is 5.97 Å². The molecule has 5 heteroatoms. The van der Waals surface area contributed by atoms with Crippen molar-refractivity contribution in [3.63, 3.8) is 0 Å². The monoisotopic (exact) mass is 318 g/mol. The summed E-state index contributed by atoms with van der Waals surface area (Å²) < 4.78 is 2.30. The number of carboxylic acid groups (broad SMARTS) is 1. The average Bonchev–Trinajstić information content (AvgIpc) is 3.31. The average molecular weight is 318 g/mol. The van der Waals surface area contributed by atoms with Gasteiger partial charge in [-0.15, -0.1) is 0 Å². The fourth-order valence-electron chi connectivity index (χ4n) is 3.95. The van der Waals surface area contributed by atoms with Crippen LogP contribution in [-0.2, 0) is 4.79 Å². The maximum atomic E-state index is 12.9. The Hall–Kier alpha value is -1.78. The van der Waals surface area contributed by atoms with Crippen LogP contribution < -0.4 is 0 Å². The summed E-state index contributed by atoms with van der Waals surface area (Å²) in [7, 11) is 0. The van der Waals surface area contributed by atoms with Crippen LogP contribution in [0.15, 0.2) is 6.07 Å². The molecular weight excluding hydrogens is 292 g/mol. The number of carbonyl (C=O) groups excluding carboxylic acids is 1. The lowest BCUT2D eigenvalue weighted by molar-refractivity contribution is -0.137. The summed E-state index contributed by atoms with van der Waals surface area (Å²) in [5, 5.41) is 9.09. The first-order chi connectivity index (χ1) is 11.0. The zero-order valence-corrected chi connectivity index (χ0v) is 14.0. The lowest BCUT2D eigenvalue weighted by Gasteiger charge is -2.27. The molecule has 23 heavy (non-hydrogen) atoms. The molecule has 0 bridgehead atoms. The van der Waals surface area contributed by atoms with Gasteiger partial charge < -0.3 is 14.6 Å². The molecule has 1 heterocycles. The maximum absolute atomic E-state index is 12.9. The van der Waals surface area contributed by atoms with Gasteiger partial charge in [-0.1, -0.05) is 19.3 Å². The minimum absolute atomic E-state index is 0.108. The number of amides is 1. The van der Waals surface area contributed by atoms with Crippen LogP contribution >= 0.6 is 0 Å². The van der Waals surface area contributed by atoms with E-state index >= 15 is 0 Å². The van der Waals surface area contributed by atoms with E-state index in [2.05, 4.69) is 11.5 Å². The number of hydrogen-bond acceptors (Lipinski definition) is 2. The Morgan fingerprint density at radius 3 is 2.39 bits per heavy atom. The van der Waals surface area contributed by atoms with Crippen LogP contribution in [0.2, 0.25) is 0 Å². The van der Waals surface area contributed by atoms with Crippen LogP contribution in [-0.4, -0.2) is 39.0 Å². The molecule has 126 valence electrons. The number of rotatable bonds is 5. The molecule has 0 unspecified atom stereocenters. The van der Waals surface area contributed by atoms with Gasteiger partial charge in [-0.3, -0.25) is 9.59 Å². The lowest BCUT2D eigenvalue weighted by Crippen LogP contribution is -2.37. The Labute approximate surface area is 137 Å². The van der Waals surface area contributed by atoms with E-state index in [9.17, 15) is 9.59 Å². The van der Waals surface area contributed by atoms with Crippen molar-refractivity contribution in [1.82, 2.24) is 9.47 Å². The fraction of sp³-hybridized carbons (Fsp3) is 0.667. The van der Waals surface area contributed by atoms with Crippen molar-refractivity contribution >= 4 is 11.9 Å². The summed E-state index contributed by atoms with van der Waals surface area (Å²) in [4.78, 5) is 25.5. The van der Waals surface area contributed by atoms with Gasteiger partial charge >= 0.3 is 5.97 Å². The van der Waals surface area contributed by atoms with Gasteiger partial charge in [-0.2, -0.15) is 0 Å². The quantitative estimate of drug-likeness (QED) is 0.906. The summed E-state index contributed by atoms with van der Waals surface area (Å²) in [5.41, 5.74) is 2.79. The second-order valence-corrected chi connectivity index (χ2v) is 7.00. The highest BCUT2D eigenvalue weighted by Crippen LogP contribution is 2.34. The molecule has 0 aliphatic heterocycles. The molecule has 5 nitrogen and oxygen atoms in total. The SMILES string of the molecule is Cc1cc(C(=O)N(CC(=O)O)C2CC2)c(C)n1C1CCCCC1. The summed E-state index contributed by atoms with van der Waals surface area (Å²) in [6, 6.07) is 2.54. The molecular formula is C18H26N2O3. The summed E-state index contributed by atoms with van der Waals surface area (Å²) >= 11 is 0. The summed E-state index contributed by atoms with van der Waals surface area (Å²) in [6.07, 6.45) is 7.98. The number of aliphatic carboxylic acids is 1. The van der Waals surface area contributed by atoms with Gasteiger partial charge in [0, 0.05) is 23.5 Å². The molecule has 2 aliphatic rings. The Morgan fingerprint density at radius 1 is 1.17 bits per heavy atom. The van der Waals surface area contributed by atoms with E-state index in [4.69, 9.17) is 5.11 Å². The highest BCUT2D eigenvalue weighted by Gasteiger charge is 2.36. The van der Waals surface area contributed by atoms with E-state index in [1.54, 1.807) is 0 Å². The number of aryl methyl sites for hydroxylation is 1. The number of hydrogen-bond donors (Lipinski definition) is 1. The van der Waals surface area contributed by atoms with E-state index in [1.807, 2.05) is 13.0 Å². The van der Waals surface area contributed by atoms with Crippen LogP contribution in [0.3, 0.4) is 0 Å². The van der Waals surface area contributed by atoms with Crippen molar-refractivity contribution in [2.45, 2.75) is 70.9 Å². The molecule has 1 N–H and O–H groups in total. The Kier molecular flexibility index (Phi) is 4.46. The minimum Gasteiger partial charge on any atom is -0.480 e. The first kappa shape index (κ1) is 16.1. The second kappa shape index (κ2) is 6.38. The van der Waals surface area contributed by atoms with Gasteiger partial charge in [0.15, 0.2) is 0 Å². The van der Waals surface area contributed by atoms with Gasteiger partial charge in [0.1, 0.15) is 6.54 Å². The van der Waals surface area contributed by atoms with Crippen molar-refractivity contribution in [1.29, 1.82) is 0 Å². The topological polar surface area (TPSA) is 62.5 Å².